The zero-order chi connectivity index (χ0) is 14.4. The number of nitrogens with zero attached hydrogens (tertiary/aromatic N) is 2. The highest BCUT2D eigenvalue weighted by atomic mass is 16.6. The van der Waals surface area contributed by atoms with E-state index in [4.69, 9.17) is 4.74 Å². The van der Waals surface area contributed by atoms with Gasteiger partial charge < -0.3 is 15.0 Å². The van der Waals surface area contributed by atoms with Gasteiger partial charge >= 0.3 is 6.09 Å². The maximum Gasteiger partial charge on any atom is 0.407 e. The Balaban J connectivity index is 1.72. The molecule has 2 aliphatic heterocycles. The Kier molecular flexibility index (Phi) is 5.24. The highest BCUT2D eigenvalue weighted by molar-refractivity contribution is 5.85. The molecular formula is C14H21N3O3. The maximum atomic E-state index is 12.0. The second-order valence-corrected chi connectivity index (χ2v) is 5.03. The van der Waals surface area contributed by atoms with E-state index in [0.29, 0.717) is 19.5 Å². The largest absolute Gasteiger partial charge is 0.436 e. The monoisotopic (exact) mass is 279 g/mol. The summed E-state index contributed by atoms with van der Waals surface area (Å²) in [5, 5.41) is 2.35. The van der Waals surface area contributed by atoms with E-state index in [1.54, 1.807) is 4.90 Å². The number of carbonyl (C=O) groups excluding carboxylic acids is 2. The standard InChI is InChI=1S/C14H21N3O3/c1-15-14(19)20-12-6-11-17(13(12)18)10-5-4-9-16-7-2-3-8-16/h12H,2-3,6-11H2,1H3,(H,15,19). The van der Waals surface area contributed by atoms with E-state index in [1.807, 2.05) is 0 Å². The van der Waals surface area contributed by atoms with Gasteiger partial charge in [-0.15, -0.1) is 0 Å². The molecule has 0 aromatic carbocycles. The Labute approximate surface area is 119 Å². The van der Waals surface area contributed by atoms with E-state index in [9.17, 15) is 9.59 Å². The van der Waals surface area contributed by atoms with Crippen molar-refractivity contribution in [3.8, 4) is 11.8 Å². The van der Waals surface area contributed by atoms with Crippen LogP contribution in [0.1, 0.15) is 19.3 Å². The van der Waals surface area contributed by atoms with Crippen molar-refractivity contribution in [3.63, 3.8) is 0 Å². The predicted molar refractivity (Wildman–Crippen MR) is 74.0 cm³/mol. The average Bonchev–Trinajstić information content (AvgIpc) is 3.07. The summed E-state index contributed by atoms with van der Waals surface area (Å²) >= 11 is 0. The molecule has 1 atom stereocenters. The molecule has 0 saturated carbocycles. The fourth-order valence-corrected chi connectivity index (χ4v) is 2.42. The third-order valence-electron chi connectivity index (χ3n) is 3.60. The highest BCUT2D eigenvalue weighted by Gasteiger charge is 2.33. The number of alkyl carbamates (subject to hydrolysis) is 1. The van der Waals surface area contributed by atoms with Gasteiger partial charge in [0.1, 0.15) is 0 Å². The van der Waals surface area contributed by atoms with Crippen LogP contribution in [0.25, 0.3) is 0 Å². The van der Waals surface area contributed by atoms with Gasteiger partial charge in [0, 0.05) is 20.0 Å². The second-order valence-electron chi connectivity index (χ2n) is 5.03. The lowest BCUT2D eigenvalue weighted by Crippen LogP contribution is -2.34. The molecule has 0 radical (unpaired) electrons. The van der Waals surface area contributed by atoms with Gasteiger partial charge in [-0.2, -0.15) is 0 Å². The van der Waals surface area contributed by atoms with Gasteiger partial charge in [-0.05, 0) is 25.9 Å². The lowest BCUT2D eigenvalue weighted by Gasteiger charge is -2.13. The number of ether oxygens (including phenoxy) is 1. The minimum absolute atomic E-state index is 0.149. The second kappa shape index (κ2) is 7.15. The lowest BCUT2D eigenvalue weighted by molar-refractivity contribution is -0.134. The Morgan fingerprint density at radius 1 is 1.30 bits per heavy atom. The van der Waals surface area contributed by atoms with E-state index in [1.165, 1.54) is 19.9 Å². The number of nitrogens with one attached hydrogen (secondary N) is 1. The molecule has 0 bridgehead atoms. The average molecular weight is 279 g/mol. The van der Waals surface area contributed by atoms with Gasteiger partial charge in [0.25, 0.3) is 5.91 Å². The van der Waals surface area contributed by atoms with Crippen molar-refractivity contribution in [2.75, 3.05) is 39.8 Å². The molecule has 1 N–H and O–H groups in total. The van der Waals surface area contributed by atoms with Gasteiger partial charge in [0.2, 0.25) is 0 Å². The first-order valence-corrected chi connectivity index (χ1v) is 7.06. The Hall–Kier alpha value is -1.74. The number of likely N-dealkylation sites (tertiary alicyclic amines) is 2. The number of hydrogen-bond donors (Lipinski definition) is 1. The number of hydrogen-bond acceptors (Lipinski definition) is 4. The molecule has 2 amide bonds. The summed E-state index contributed by atoms with van der Waals surface area (Å²) in [6.07, 6.45) is 1.83. The molecule has 2 saturated heterocycles. The smallest absolute Gasteiger partial charge is 0.407 e. The van der Waals surface area contributed by atoms with Crippen molar-refractivity contribution in [2.24, 2.45) is 0 Å². The Bertz CT molecular complexity index is 421. The predicted octanol–water partition coefficient (Wildman–Crippen LogP) is 0.0425. The molecule has 0 aromatic heterocycles. The van der Waals surface area contributed by atoms with Gasteiger partial charge in [0.15, 0.2) is 6.10 Å². The van der Waals surface area contributed by atoms with Gasteiger partial charge in [-0.1, -0.05) is 11.8 Å². The summed E-state index contributed by atoms with van der Waals surface area (Å²) in [4.78, 5) is 27.0. The zero-order valence-electron chi connectivity index (χ0n) is 11.9. The molecule has 6 nitrogen and oxygen atoms in total. The Morgan fingerprint density at radius 3 is 2.70 bits per heavy atom. The third-order valence-corrected chi connectivity index (χ3v) is 3.60. The molecule has 0 spiro atoms. The van der Waals surface area contributed by atoms with Crippen LogP contribution < -0.4 is 5.32 Å². The molecule has 0 aliphatic carbocycles. The van der Waals surface area contributed by atoms with E-state index in [-0.39, 0.29) is 5.91 Å². The van der Waals surface area contributed by atoms with Crippen LogP contribution in [0.4, 0.5) is 4.79 Å². The van der Waals surface area contributed by atoms with Crippen LogP contribution in [0, 0.1) is 11.8 Å². The fourth-order valence-electron chi connectivity index (χ4n) is 2.42. The van der Waals surface area contributed by atoms with Crippen LogP contribution in [0.2, 0.25) is 0 Å². The number of amides is 2. The third kappa shape index (κ3) is 3.87. The molecule has 6 heteroatoms. The van der Waals surface area contributed by atoms with Crippen LogP contribution in [-0.2, 0) is 9.53 Å². The first kappa shape index (κ1) is 14.7. The van der Waals surface area contributed by atoms with Crippen molar-refractivity contribution in [2.45, 2.75) is 25.4 Å². The van der Waals surface area contributed by atoms with Crippen LogP contribution in [0.15, 0.2) is 0 Å². The summed E-state index contributed by atoms with van der Waals surface area (Å²) in [6.45, 7) is 4.04. The van der Waals surface area contributed by atoms with E-state index < -0.39 is 12.2 Å². The summed E-state index contributed by atoms with van der Waals surface area (Å²) in [6, 6.07) is 0. The number of carbonyl (C=O) groups is 2. The molecule has 20 heavy (non-hydrogen) atoms. The van der Waals surface area contributed by atoms with Gasteiger partial charge in [-0.25, -0.2) is 4.79 Å². The molecule has 2 aliphatic rings. The summed E-state index contributed by atoms with van der Waals surface area (Å²) < 4.78 is 4.99. The van der Waals surface area contributed by atoms with E-state index >= 15 is 0 Å². The summed E-state index contributed by atoms with van der Waals surface area (Å²) in [5.74, 6) is 5.98. The first-order chi connectivity index (χ1) is 9.70. The lowest BCUT2D eigenvalue weighted by atomic mass is 10.3. The van der Waals surface area contributed by atoms with Gasteiger partial charge in [-0.3, -0.25) is 9.69 Å². The zero-order valence-corrected chi connectivity index (χ0v) is 11.9. The quantitative estimate of drug-likeness (QED) is 0.741. The highest BCUT2D eigenvalue weighted by Crippen LogP contribution is 2.14. The van der Waals surface area contributed by atoms with Crippen LogP contribution in [-0.4, -0.2) is 67.7 Å². The van der Waals surface area contributed by atoms with Gasteiger partial charge in [0.05, 0.1) is 13.1 Å². The molecule has 110 valence electrons. The summed E-state index contributed by atoms with van der Waals surface area (Å²) in [5.41, 5.74) is 0. The van der Waals surface area contributed by atoms with E-state index in [2.05, 4.69) is 22.1 Å². The molecule has 2 rings (SSSR count). The maximum absolute atomic E-state index is 12.0. The fraction of sp³-hybridized carbons (Fsp3) is 0.714. The number of rotatable bonds is 3. The minimum Gasteiger partial charge on any atom is -0.436 e. The molecule has 1 unspecified atom stereocenters. The topological polar surface area (TPSA) is 61.9 Å². The molecule has 2 heterocycles. The summed E-state index contributed by atoms with van der Waals surface area (Å²) in [7, 11) is 1.48. The normalized spacial score (nSPS) is 22.6. The molecule has 0 aromatic rings. The molecular weight excluding hydrogens is 258 g/mol. The first-order valence-electron chi connectivity index (χ1n) is 7.06. The minimum atomic E-state index is -0.657. The van der Waals surface area contributed by atoms with Crippen molar-refractivity contribution in [1.82, 2.24) is 15.1 Å². The van der Waals surface area contributed by atoms with Crippen molar-refractivity contribution < 1.29 is 14.3 Å². The van der Waals surface area contributed by atoms with E-state index in [0.717, 1.165) is 19.6 Å². The Morgan fingerprint density at radius 2 is 2.00 bits per heavy atom. The van der Waals surface area contributed by atoms with Crippen LogP contribution >= 0.6 is 0 Å². The molecule has 2 fully saturated rings. The van der Waals surface area contributed by atoms with Crippen molar-refractivity contribution in [3.05, 3.63) is 0 Å². The van der Waals surface area contributed by atoms with Crippen molar-refractivity contribution >= 4 is 12.0 Å². The van der Waals surface area contributed by atoms with Crippen molar-refractivity contribution in [1.29, 1.82) is 0 Å². The van der Waals surface area contributed by atoms with Crippen LogP contribution in [0.3, 0.4) is 0 Å². The van der Waals surface area contributed by atoms with Crippen LogP contribution in [0.5, 0.6) is 0 Å². The SMILES string of the molecule is CNC(=O)OC1CCN(CC#CCN2CCCC2)C1=O.